The molecule has 0 aliphatic carbocycles. The van der Waals surface area contributed by atoms with E-state index in [-0.39, 0.29) is 5.69 Å². The summed E-state index contributed by atoms with van der Waals surface area (Å²) < 4.78 is 4.75. The highest BCUT2D eigenvalue weighted by Crippen LogP contribution is 2.19. The highest BCUT2D eigenvalue weighted by molar-refractivity contribution is 9.10. The molecule has 0 saturated carbocycles. The van der Waals surface area contributed by atoms with Crippen molar-refractivity contribution in [3.05, 3.63) is 32.4 Å². The Kier molecular flexibility index (Phi) is 3.13. The van der Waals surface area contributed by atoms with Crippen LogP contribution >= 0.6 is 15.9 Å². The van der Waals surface area contributed by atoms with Crippen LogP contribution in [0.2, 0.25) is 0 Å². The zero-order chi connectivity index (χ0) is 10.7. The molecule has 0 N–H and O–H groups in total. The van der Waals surface area contributed by atoms with Crippen molar-refractivity contribution in [3.8, 4) is 0 Å². The lowest BCUT2D eigenvalue weighted by Crippen LogP contribution is -2.06. The molecule has 14 heavy (non-hydrogen) atoms. The van der Waals surface area contributed by atoms with Crippen LogP contribution in [0.15, 0.2) is 16.6 Å². The average Bonchev–Trinajstić information content (AvgIpc) is 2.17. The number of carbonyl (C=O) groups is 1. The first-order valence-electron chi connectivity index (χ1n) is 3.45. The molecule has 0 bridgehead atoms. The monoisotopic (exact) mass is 260 g/mol. The fraction of sp³-hybridized carbons (Fsp3) is 0.143. The summed E-state index contributed by atoms with van der Waals surface area (Å²) in [5.41, 5.74) is -0.110. The SMILES string of the molecule is COC(=O)c1nc([N+](=O)[O-])ccc1Br. The van der Waals surface area contributed by atoms with E-state index in [1.165, 1.54) is 19.2 Å². The Bertz CT molecular complexity index is 393. The topological polar surface area (TPSA) is 82.3 Å². The average molecular weight is 261 g/mol. The molecule has 0 aliphatic heterocycles. The molecule has 1 aromatic heterocycles. The van der Waals surface area contributed by atoms with E-state index >= 15 is 0 Å². The zero-order valence-corrected chi connectivity index (χ0v) is 8.65. The van der Waals surface area contributed by atoms with Gasteiger partial charge in [-0.15, -0.1) is 0 Å². The fourth-order valence-electron chi connectivity index (χ4n) is 0.773. The molecule has 74 valence electrons. The third-order valence-corrected chi connectivity index (χ3v) is 2.04. The molecule has 0 aromatic carbocycles. The van der Waals surface area contributed by atoms with Gasteiger partial charge in [-0.1, -0.05) is 0 Å². The summed E-state index contributed by atoms with van der Waals surface area (Å²) in [6.45, 7) is 0. The summed E-state index contributed by atoms with van der Waals surface area (Å²) in [5.74, 6) is -1.12. The minimum atomic E-state index is -0.722. The summed E-state index contributed by atoms with van der Waals surface area (Å²) in [6.07, 6.45) is 0. The van der Waals surface area contributed by atoms with Crippen LogP contribution in [0, 0.1) is 10.1 Å². The number of aromatic nitrogens is 1. The van der Waals surface area contributed by atoms with Gasteiger partial charge in [-0.3, -0.25) is 0 Å². The molecule has 1 rings (SSSR count). The number of carbonyl (C=O) groups excluding carboxylic acids is 1. The molecule has 6 nitrogen and oxygen atoms in total. The number of methoxy groups -OCH3 is 1. The number of rotatable bonds is 2. The second-order valence-corrected chi connectivity index (χ2v) is 3.10. The number of nitrogens with zero attached hydrogens (tertiary/aromatic N) is 2. The smallest absolute Gasteiger partial charge is 0.383 e. The molecule has 1 heterocycles. The Labute approximate surface area is 87.2 Å². The number of ether oxygens (including phenoxy) is 1. The predicted molar refractivity (Wildman–Crippen MR) is 49.9 cm³/mol. The number of nitro groups is 1. The van der Waals surface area contributed by atoms with Gasteiger partial charge in [0.2, 0.25) is 0 Å². The van der Waals surface area contributed by atoms with Crippen molar-refractivity contribution >= 4 is 27.7 Å². The standard InChI is InChI=1S/C7H5BrN2O4/c1-14-7(11)6-4(8)2-3-5(9-6)10(12)13/h2-3H,1H3. The highest BCUT2D eigenvalue weighted by atomic mass is 79.9. The van der Waals surface area contributed by atoms with Crippen LogP contribution in [-0.4, -0.2) is 23.0 Å². The fourth-order valence-corrected chi connectivity index (χ4v) is 1.16. The molecular weight excluding hydrogens is 256 g/mol. The Balaban J connectivity index is 3.21. The first-order valence-corrected chi connectivity index (χ1v) is 4.25. The van der Waals surface area contributed by atoms with E-state index in [0.29, 0.717) is 4.47 Å². The molecule has 0 atom stereocenters. The summed E-state index contributed by atoms with van der Waals surface area (Å²) in [4.78, 5) is 24.3. The Hall–Kier alpha value is -1.50. The van der Waals surface area contributed by atoms with Crippen molar-refractivity contribution in [2.75, 3.05) is 7.11 Å². The van der Waals surface area contributed by atoms with Crippen molar-refractivity contribution in [1.82, 2.24) is 4.98 Å². The van der Waals surface area contributed by atoms with Crippen LogP contribution in [0.4, 0.5) is 5.82 Å². The lowest BCUT2D eigenvalue weighted by atomic mass is 10.3. The van der Waals surface area contributed by atoms with Gasteiger partial charge in [0.1, 0.15) is 0 Å². The predicted octanol–water partition coefficient (Wildman–Crippen LogP) is 1.54. The van der Waals surface area contributed by atoms with Crippen molar-refractivity contribution in [2.45, 2.75) is 0 Å². The summed E-state index contributed by atoms with van der Waals surface area (Å²) >= 11 is 3.04. The third-order valence-electron chi connectivity index (χ3n) is 1.40. The molecule has 0 fully saturated rings. The number of esters is 1. The second kappa shape index (κ2) is 4.14. The van der Waals surface area contributed by atoms with Gasteiger partial charge in [0.05, 0.1) is 11.6 Å². The van der Waals surface area contributed by atoms with Gasteiger partial charge in [0.25, 0.3) is 5.69 Å². The second-order valence-electron chi connectivity index (χ2n) is 2.25. The number of hydrogen-bond donors (Lipinski definition) is 0. The van der Waals surface area contributed by atoms with Gasteiger partial charge in [0.15, 0.2) is 0 Å². The first kappa shape index (κ1) is 10.6. The molecule has 0 amide bonds. The maximum absolute atomic E-state index is 11.1. The number of pyridine rings is 1. The van der Waals surface area contributed by atoms with Crippen LogP contribution < -0.4 is 0 Å². The quantitative estimate of drug-likeness (QED) is 0.458. The Morgan fingerprint density at radius 1 is 1.64 bits per heavy atom. The normalized spacial score (nSPS) is 9.57. The summed E-state index contributed by atoms with van der Waals surface area (Å²) in [5, 5.41) is 10.4. The van der Waals surface area contributed by atoms with E-state index in [4.69, 9.17) is 0 Å². The molecule has 7 heteroatoms. The number of halogens is 1. The molecule has 0 unspecified atom stereocenters. The highest BCUT2D eigenvalue weighted by Gasteiger charge is 2.21. The van der Waals surface area contributed by atoms with E-state index in [2.05, 4.69) is 25.7 Å². The van der Waals surface area contributed by atoms with Gasteiger partial charge in [0, 0.05) is 6.07 Å². The molecule has 1 aromatic rings. The molecular formula is C7H5BrN2O4. The minimum absolute atomic E-state index is 0.110. The van der Waals surface area contributed by atoms with Crippen LogP contribution in [0.25, 0.3) is 0 Å². The van der Waals surface area contributed by atoms with Gasteiger partial charge >= 0.3 is 11.8 Å². The van der Waals surface area contributed by atoms with E-state index in [0.717, 1.165) is 0 Å². The maximum atomic E-state index is 11.1. The summed E-state index contributed by atoms with van der Waals surface area (Å²) in [7, 11) is 1.18. The van der Waals surface area contributed by atoms with Crippen molar-refractivity contribution < 1.29 is 14.5 Å². The van der Waals surface area contributed by atoms with Gasteiger partial charge < -0.3 is 14.9 Å². The van der Waals surface area contributed by atoms with Crippen LogP contribution in [-0.2, 0) is 4.74 Å². The maximum Gasteiger partial charge on any atom is 0.383 e. The first-order chi connectivity index (χ1) is 6.56. The molecule has 0 spiro atoms. The third kappa shape index (κ3) is 2.05. The van der Waals surface area contributed by atoms with Crippen molar-refractivity contribution in [1.29, 1.82) is 0 Å². The molecule has 0 saturated heterocycles. The minimum Gasteiger partial charge on any atom is -0.463 e. The molecule has 0 aliphatic rings. The summed E-state index contributed by atoms with van der Waals surface area (Å²) in [6, 6.07) is 2.56. The van der Waals surface area contributed by atoms with E-state index in [1.54, 1.807) is 0 Å². The van der Waals surface area contributed by atoms with E-state index < -0.39 is 16.7 Å². The lowest BCUT2D eigenvalue weighted by Gasteiger charge is -1.97. The number of hydrogen-bond acceptors (Lipinski definition) is 5. The lowest BCUT2D eigenvalue weighted by molar-refractivity contribution is -0.389. The Morgan fingerprint density at radius 3 is 2.79 bits per heavy atom. The van der Waals surface area contributed by atoms with Crippen LogP contribution in [0.3, 0.4) is 0 Å². The largest absolute Gasteiger partial charge is 0.463 e. The van der Waals surface area contributed by atoms with E-state index in [1.807, 2.05) is 0 Å². The molecule has 0 radical (unpaired) electrons. The van der Waals surface area contributed by atoms with Gasteiger partial charge in [-0.25, -0.2) is 4.79 Å². The van der Waals surface area contributed by atoms with Crippen molar-refractivity contribution in [3.63, 3.8) is 0 Å². The van der Waals surface area contributed by atoms with Gasteiger partial charge in [-0.05, 0) is 31.9 Å². The zero-order valence-electron chi connectivity index (χ0n) is 7.06. The van der Waals surface area contributed by atoms with Crippen LogP contribution in [0.1, 0.15) is 10.5 Å². The van der Waals surface area contributed by atoms with Crippen molar-refractivity contribution in [2.24, 2.45) is 0 Å². The van der Waals surface area contributed by atoms with Gasteiger partial charge in [-0.2, -0.15) is 0 Å². The van der Waals surface area contributed by atoms with Crippen LogP contribution in [0.5, 0.6) is 0 Å². The Morgan fingerprint density at radius 2 is 2.29 bits per heavy atom. The van der Waals surface area contributed by atoms with E-state index in [9.17, 15) is 14.9 Å².